The maximum atomic E-state index is 13.0. The van der Waals surface area contributed by atoms with E-state index in [9.17, 15) is 4.79 Å². The highest BCUT2D eigenvalue weighted by Gasteiger charge is 2.26. The van der Waals surface area contributed by atoms with Gasteiger partial charge in [0.25, 0.3) is 0 Å². The molecule has 5 nitrogen and oxygen atoms in total. The summed E-state index contributed by atoms with van der Waals surface area (Å²) < 4.78 is 10.7. The molecule has 6 heteroatoms. The Morgan fingerprint density at radius 2 is 1.69 bits per heavy atom. The van der Waals surface area contributed by atoms with E-state index in [1.54, 1.807) is 26.0 Å². The fourth-order valence-corrected chi connectivity index (χ4v) is 4.63. The molecule has 1 fully saturated rings. The van der Waals surface area contributed by atoms with Crippen LogP contribution in [0.5, 0.6) is 11.5 Å². The van der Waals surface area contributed by atoms with E-state index < -0.39 is 0 Å². The summed E-state index contributed by atoms with van der Waals surface area (Å²) in [6, 6.07) is 12.2. The molecule has 0 saturated carbocycles. The van der Waals surface area contributed by atoms with Crippen molar-refractivity contribution in [2.24, 2.45) is 0 Å². The standard InChI is InChI=1S/C23H30N2O3S/c1-16-7-6-8-20(17(16)2)24-11-13-25(14-12-24)23(26)18(3)29-19-9-10-21(27-4)22(15-19)28-5/h6-10,15,18H,11-14H2,1-5H3. The quantitative estimate of drug-likeness (QED) is 0.664. The molecule has 0 bridgehead atoms. The molecule has 1 aliphatic rings. The molecular formula is C23H30N2O3S. The maximum absolute atomic E-state index is 13.0. The van der Waals surface area contributed by atoms with Crippen molar-refractivity contribution >= 4 is 23.4 Å². The molecule has 1 atom stereocenters. The zero-order valence-electron chi connectivity index (χ0n) is 17.9. The number of piperazine rings is 1. The highest BCUT2D eigenvalue weighted by molar-refractivity contribution is 8.00. The lowest BCUT2D eigenvalue weighted by Crippen LogP contribution is -2.50. The van der Waals surface area contributed by atoms with E-state index in [1.165, 1.54) is 16.8 Å². The molecule has 1 aliphatic heterocycles. The van der Waals surface area contributed by atoms with E-state index >= 15 is 0 Å². The number of carbonyl (C=O) groups is 1. The number of ether oxygens (including phenoxy) is 2. The van der Waals surface area contributed by atoms with Crippen molar-refractivity contribution in [2.75, 3.05) is 45.3 Å². The topological polar surface area (TPSA) is 42.0 Å². The molecule has 0 aromatic heterocycles. The van der Waals surface area contributed by atoms with Gasteiger partial charge in [-0.05, 0) is 56.2 Å². The lowest BCUT2D eigenvalue weighted by atomic mass is 10.1. The average molecular weight is 415 g/mol. The minimum absolute atomic E-state index is 0.152. The number of aryl methyl sites for hydroxylation is 1. The van der Waals surface area contributed by atoms with Gasteiger partial charge in [0.05, 0.1) is 19.5 Å². The molecule has 0 aliphatic carbocycles. The summed E-state index contributed by atoms with van der Waals surface area (Å²) in [6.07, 6.45) is 0. The highest BCUT2D eigenvalue weighted by Crippen LogP contribution is 2.34. The monoisotopic (exact) mass is 414 g/mol. The van der Waals surface area contributed by atoms with Crippen LogP contribution in [0.15, 0.2) is 41.3 Å². The number of anilines is 1. The predicted molar refractivity (Wildman–Crippen MR) is 120 cm³/mol. The molecule has 2 aromatic rings. The molecule has 0 radical (unpaired) electrons. The van der Waals surface area contributed by atoms with Gasteiger partial charge in [0, 0.05) is 36.8 Å². The largest absolute Gasteiger partial charge is 0.493 e. The molecule has 1 saturated heterocycles. The summed E-state index contributed by atoms with van der Waals surface area (Å²) in [4.78, 5) is 18.3. The second-order valence-corrected chi connectivity index (χ2v) is 8.72. The molecule has 156 valence electrons. The number of rotatable bonds is 6. The first kappa shape index (κ1) is 21.4. The van der Waals surface area contributed by atoms with Crippen molar-refractivity contribution in [3.8, 4) is 11.5 Å². The summed E-state index contributed by atoms with van der Waals surface area (Å²) in [7, 11) is 3.24. The van der Waals surface area contributed by atoms with Crippen LogP contribution in [-0.4, -0.2) is 56.5 Å². The van der Waals surface area contributed by atoms with Crippen molar-refractivity contribution in [1.29, 1.82) is 0 Å². The van der Waals surface area contributed by atoms with Crippen molar-refractivity contribution in [3.05, 3.63) is 47.5 Å². The first-order valence-corrected chi connectivity index (χ1v) is 10.8. The lowest BCUT2D eigenvalue weighted by Gasteiger charge is -2.38. The summed E-state index contributed by atoms with van der Waals surface area (Å²) in [5.41, 5.74) is 3.91. The van der Waals surface area contributed by atoms with Gasteiger partial charge in [0.2, 0.25) is 5.91 Å². The Hall–Kier alpha value is -2.34. The van der Waals surface area contributed by atoms with Gasteiger partial charge in [-0.3, -0.25) is 4.79 Å². The third-order valence-electron chi connectivity index (χ3n) is 5.52. The smallest absolute Gasteiger partial charge is 0.235 e. The Bertz CT molecular complexity index is 863. The Labute approximate surface area is 178 Å². The van der Waals surface area contributed by atoms with Gasteiger partial charge in [-0.2, -0.15) is 0 Å². The van der Waals surface area contributed by atoms with Crippen LogP contribution in [0, 0.1) is 13.8 Å². The Morgan fingerprint density at radius 3 is 2.34 bits per heavy atom. The number of thioether (sulfide) groups is 1. The Kier molecular flexibility index (Phi) is 6.96. The van der Waals surface area contributed by atoms with Gasteiger partial charge < -0.3 is 19.3 Å². The van der Waals surface area contributed by atoms with Crippen LogP contribution < -0.4 is 14.4 Å². The van der Waals surface area contributed by atoms with Crippen LogP contribution in [0.1, 0.15) is 18.1 Å². The number of benzene rings is 2. The van der Waals surface area contributed by atoms with Gasteiger partial charge in [0.15, 0.2) is 11.5 Å². The molecule has 1 amide bonds. The molecule has 3 rings (SSSR count). The molecule has 0 N–H and O–H groups in total. The van der Waals surface area contributed by atoms with E-state index in [4.69, 9.17) is 9.47 Å². The molecule has 1 unspecified atom stereocenters. The van der Waals surface area contributed by atoms with Crippen LogP contribution in [-0.2, 0) is 4.79 Å². The van der Waals surface area contributed by atoms with Crippen molar-refractivity contribution < 1.29 is 14.3 Å². The fraction of sp³-hybridized carbons (Fsp3) is 0.435. The second-order valence-electron chi connectivity index (χ2n) is 7.31. The number of nitrogens with zero attached hydrogens (tertiary/aromatic N) is 2. The van der Waals surface area contributed by atoms with Crippen molar-refractivity contribution in [3.63, 3.8) is 0 Å². The number of hydrogen-bond donors (Lipinski definition) is 0. The Balaban J connectivity index is 1.59. The zero-order valence-corrected chi connectivity index (χ0v) is 18.7. The lowest BCUT2D eigenvalue weighted by molar-refractivity contribution is -0.130. The van der Waals surface area contributed by atoms with Gasteiger partial charge >= 0.3 is 0 Å². The first-order valence-electron chi connectivity index (χ1n) is 9.93. The summed E-state index contributed by atoms with van der Waals surface area (Å²) in [5.74, 6) is 1.56. The van der Waals surface area contributed by atoms with E-state index in [1.807, 2.05) is 30.0 Å². The molecule has 2 aromatic carbocycles. The van der Waals surface area contributed by atoms with Gasteiger partial charge in [-0.25, -0.2) is 0 Å². The van der Waals surface area contributed by atoms with Crippen LogP contribution >= 0.6 is 11.8 Å². The van der Waals surface area contributed by atoms with Crippen LogP contribution in [0.4, 0.5) is 5.69 Å². The first-order chi connectivity index (χ1) is 13.9. The van der Waals surface area contributed by atoms with Gasteiger partial charge in [-0.1, -0.05) is 12.1 Å². The van der Waals surface area contributed by atoms with Crippen molar-refractivity contribution in [1.82, 2.24) is 4.90 Å². The number of amides is 1. The zero-order chi connectivity index (χ0) is 21.0. The van der Waals surface area contributed by atoms with E-state index in [-0.39, 0.29) is 11.2 Å². The third kappa shape index (κ3) is 4.81. The van der Waals surface area contributed by atoms with Crippen LogP contribution in [0.2, 0.25) is 0 Å². The van der Waals surface area contributed by atoms with E-state index in [2.05, 4.69) is 36.9 Å². The third-order valence-corrected chi connectivity index (χ3v) is 6.60. The molecule has 1 heterocycles. The second kappa shape index (κ2) is 9.44. The van der Waals surface area contributed by atoms with Gasteiger partial charge in [0.1, 0.15) is 0 Å². The van der Waals surface area contributed by atoms with Gasteiger partial charge in [-0.15, -0.1) is 11.8 Å². The molecular weight excluding hydrogens is 384 g/mol. The van der Waals surface area contributed by atoms with E-state index in [0.717, 1.165) is 31.1 Å². The maximum Gasteiger partial charge on any atom is 0.235 e. The fourth-order valence-electron chi connectivity index (χ4n) is 3.65. The molecule has 29 heavy (non-hydrogen) atoms. The normalized spacial score (nSPS) is 15.2. The number of methoxy groups -OCH3 is 2. The summed E-state index contributed by atoms with van der Waals surface area (Å²) in [5, 5.41) is -0.152. The van der Waals surface area contributed by atoms with Crippen molar-refractivity contribution in [2.45, 2.75) is 30.9 Å². The van der Waals surface area contributed by atoms with Crippen LogP contribution in [0.25, 0.3) is 0 Å². The predicted octanol–water partition coefficient (Wildman–Crippen LogP) is 4.15. The average Bonchev–Trinajstić information content (AvgIpc) is 2.75. The van der Waals surface area contributed by atoms with E-state index in [0.29, 0.717) is 11.5 Å². The SMILES string of the molecule is COc1ccc(SC(C)C(=O)N2CCN(c3cccc(C)c3C)CC2)cc1OC. The molecule has 0 spiro atoms. The summed E-state index contributed by atoms with van der Waals surface area (Å²) >= 11 is 1.56. The minimum atomic E-state index is -0.152. The Morgan fingerprint density at radius 1 is 1.00 bits per heavy atom. The highest BCUT2D eigenvalue weighted by atomic mass is 32.2. The van der Waals surface area contributed by atoms with Crippen LogP contribution in [0.3, 0.4) is 0 Å². The number of carbonyl (C=O) groups excluding carboxylic acids is 1. The minimum Gasteiger partial charge on any atom is -0.493 e. The summed E-state index contributed by atoms with van der Waals surface area (Å²) in [6.45, 7) is 9.52. The number of hydrogen-bond acceptors (Lipinski definition) is 5.